The summed E-state index contributed by atoms with van der Waals surface area (Å²) in [5, 5.41) is 7.27. The first-order chi connectivity index (χ1) is 34.2. The Hall–Kier alpha value is -9.32. The molecule has 0 unspecified atom stereocenters. The Bertz CT molecular complexity index is 4200. The molecule has 4 heterocycles. The molecule has 0 spiro atoms. The van der Waals surface area contributed by atoms with Gasteiger partial charge in [-0.2, -0.15) is 0 Å². The van der Waals surface area contributed by atoms with E-state index in [2.05, 4.69) is 238 Å². The van der Waals surface area contributed by atoms with E-state index in [4.69, 9.17) is 9.97 Å². The fraction of sp³-hybridized carbons (Fsp3) is 0. The van der Waals surface area contributed by atoms with Crippen LogP contribution in [0.1, 0.15) is 0 Å². The first-order valence-electron chi connectivity index (χ1n) is 23.5. The Morgan fingerprint density at radius 3 is 1.28 bits per heavy atom. The summed E-state index contributed by atoms with van der Waals surface area (Å²) >= 11 is 0. The predicted octanol–water partition coefficient (Wildman–Crippen LogP) is 16.4. The molecule has 14 rings (SSSR count). The molecule has 5 heteroatoms. The highest BCUT2D eigenvalue weighted by atomic mass is 15.0. The van der Waals surface area contributed by atoms with Crippen LogP contribution in [-0.2, 0) is 0 Å². The van der Waals surface area contributed by atoms with Gasteiger partial charge in [0, 0.05) is 66.1 Å². The number of nitrogens with zero attached hydrogens (tertiary/aromatic N) is 5. The van der Waals surface area contributed by atoms with Crippen LogP contribution in [0.2, 0.25) is 0 Å². The van der Waals surface area contributed by atoms with Crippen LogP contribution in [-0.4, -0.2) is 23.7 Å². The summed E-state index contributed by atoms with van der Waals surface area (Å²) in [7, 11) is 0. The Morgan fingerprint density at radius 1 is 0.246 bits per heavy atom. The van der Waals surface area contributed by atoms with Crippen LogP contribution in [0.4, 0.5) is 0 Å². The molecule has 322 valence electrons. The van der Waals surface area contributed by atoms with Crippen LogP contribution in [0.5, 0.6) is 0 Å². The molecule has 0 aliphatic rings. The molecular formula is C64H41N5. The van der Waals surface area contributed by atoms with Gasteiger partial charge in [-0.25, -0.2) is 9.97 Å². The number of aromatic nitrogens is 5. The van der Waals surface area contributed by atoms with E-state index in [-0.39, 0.29) is 0 Å². The van der Waals surface area contributed by atoms with Crippen molar-refractivity contribution in [3.63, 3.8) is 0 Å². The van der Waals surface area contributed by atoms with E-state index >= 15 is 0 Å². The van der Waals surface area contributed by atoms with Gasteiger partial charge in [-0.3, -0.25) is 0 Å². The molecule has 0 amide bonds. The Morgan fingerprint density at radius 2 is 0.681 bits per heavy atom. The van der Waals surface area contributed by atoms with Crippen molar-refractivity contribution >= 4 is 65.4 Å². The zero-order chi connectivity index (χ0) is 45.4. The van der Waals surface area contributed by atoms with E-state index in [1.54, 1.807) is 0 Å². The fourth-order valence-electron chi connectivity index (χ4n) is 10.8. The highest BCUT2D eigenvalue weighted by Gasteiger charge is 2.25. The largest absolute Gasteiger partial charge is 0.309 e. The summed E-state index contributed by atoms with van der Waals surface area (Å²) in [6.07, 6.45) is 0. The van der Waals surface area contributed by atoms with E-state index in [9.17, 15) is 0 Å². The molecule has 0 saturated heterocycles. The molecule has 14 aromatic rings. The van der Waals surface area contributed by atoms with Gasteiger partial charge in [-0.1, -0.05) is 182 Å². The molecule has 0 aliphatic heterocycles. The lowest BCUT2D eigenvalue weighted by Gasteiger charge is -2.13. The SMILES string of the molecule is c1ccc(-c2ccc(-n3c4c(ccc5c4c4ccccc4n5-c4ccccc4)c4ccc5c(c6ccccc6n5-c5cccc(-c6cc(-c7ccccc7)nc(-c7ccccc7)n6)c5)c43)cc2)cc1. The maximum atomic E-state index is 5.22. The summed E-state index contributed by atoms with van der Waals surface area (Å²) in [5.74, 6) is 0.697. The third-order valence-electron chi connectivity index (χ3n) is 13.8. The predicted molar refractivity (Wildman–Crippen MR) is 287 cm³/mol. The van der Waals surface area contributed by atoms with Crippen molar-refractivity contribution < 1.29 is 0 Å². The lowest BCUT2D eigenvalue weighted by molar-refractivity contribution is 1.16. The quantitative estimate of drug-likeness (QED) is 0.160. The van der Waals surface area contributed by atoms with Crippen molar-refractivity contribution in [2.24, 2.45) is 0 Å². The van der Waals surface area contributed by atoms with Crippen molar-refractivity contribution in [1.29, 1.82) is 0 Å². The summed E-state index contributed by atoms with van der Waals surface area (Å²) in [4.78, 5) is 10.3. The van der Waals surface area contributed by atoms with Gasteiger partial charge in [0.2, 0.25) is 0 Å². The van der Waals surface area contributed by atoms with Gasteiger partial charge in [0.15, 0.2) is 5.82 Å². The molecule has 10 aromatic carbocycles. The van der Waals surface area contributed by atoms with E-state index in [1.807, 2.05) is 24.3 Å². The van der Waals surface area contributed by atoms with Crippen molar-refractivity contribution in [1.82, 2.24) is 23.7 Å². The standard InChI is InChI=1S/C64H41N5/c1-5-18-42(19-6-1)43-32-34-48(35-33-43)69-62-50(36-38-58-60(62)52-28-13-15-30-56(52)67(58)47-25-11-4-12-26-47)51-37-39-59-61(63(51)69)53-29-14-16-31-57(53)68(59)49-27-17-24-46(40-49)55-41-54(44-20-7-2-8-21-44)65-64(66-55)45-22-9-3-10-23-45/h1-41H. The minimum Gasteiger partial charge on any atom is -0.309 e. The lowest BCUT2D eigenvalue weighted by atomic mass is 10.1. The molecular weight excluding hydrogens is 839 g/mol. The minimum atomic E-state index is 0.697. The van der Waals surface area contributed by atoms with Crippen LogP contribution in [0.3, 0.4) is 0 Å². The van der Waals surface area contributed by atoms with Crippen molar-refractivity contribution in [3.8, 4) is 62.1 Å². The second kappa shape index (κ2) is 15.7. The Balaban J connectivity index is 1.05. The molecule has 69 heavy (non-hydrogen) atoms. The first kappa shape index (κ1) is 38.9. The van der Waals surface area contributed by atoms with E-state index in [0.29, 0.717) is 5.82 Å². The minimum absolute atomic E-state index is 0.697. The van der Waals surface area contributed by atoms with Crippen molar-refractivity contribution in [3.05, 3.63) is 249 Å². The maximum absolute atomic E-state index is 5.22. The second-order valence-electron chi connectivity index (χ2n) is 17.7. The van der Waals surface area contributed by atoms with Crippen LogP contribution >= 0.6 is 0 Å². The molecule has 0 aliphatic carbocycles. The Kier molecular flexibility index (Phi) is 8.83. The maximum Gasteiger partial charge on any atom is 0.160 e. The topological polar surface area (TPSA) is 40.6 Å². The van der Waals surface area contributed by atoms with Crippen molar-refractivity contribution in [2.45, 2.75) is 0 Å². The summed E-state index contributed by atoms with van der Waals surface area (Å²) < 4.78 is 7.40. The van der Waals surface area contributed by atoms with E-state index in [0.717, 1.165) is 56.2 Å². The number of fused-ring (bicyclic) bond motifs is 11. The Labute approximate surface area is 398 Å². The molecule has 0 fully saturated rings. The smallest absolute Gasteiger partial charge is 0.160 e. The number of hydrogen-bond acceptors (Lipinski definition) is 2. The average Bonchev–Trinajstić information content (AvgIpc) is 4.07. The van der Waals surface area contributed by atoms with Gasteiger partial charge in [0.1, 0.15) is 0 Å². The summed E-state index contributed by atoms with van der Waals surface area (Å²) in [6.45, 7) is 0. The molecule has 4 aromatic heterocycles. The van der Waals surface area contributed by atoms with Crippen LogP contribution in [0.25, 0.3) is 128 Å². The number of hydrogen-bond donors (Lipinski definition) is 0. The molecule has 0 N–H and O–H groups in total. The highest BCUT2D eigenvalue weighted by Crippen LogP contribution is 2.46. The van der Waals surface area contributed by atoms with Gasteiger partial charge < -0.3 is 13.7 Å². The number of para-hydroxylation sites is 3. The van der Waals surface area contributed by atoms with Gasteiger partial charge in [0.25, 0.3) is 0 Å². The lowest BCUT2D eigenvalue weighted by Crippen LogP contribution is -1.98. The first-order valence-corrected chi connectivity index (χ1v) is 23.5. The fourth-order valence-corrected chi connectivity index (χ4v) is 10.8. The zero-order valence-corrected chi connectivity index (χ0v) is 37.4. The second-order valence-corrected chi connectivity index (χ2v) is 17.7. The molecule has 5 nitrogen and oxygen atoms in total. The third-order valence-corrected chi connectivity index (χ3v) is 13.8. The van der Waals surface area contributed by atoms with Crippen LogP contribution in [0, 0.1) is 0 Å². The monoisotopic (exact) mass is 879 g/mol. The molecule has 0 bridgehead atoms. The number of rotatable bonds is 7. The molecule has 0 atom stereocenters. The third kappa shape index (κ3) is 6.18. The van der Waals surface area contributed by atoms with Gasteiger partial charge in [-0.05, 0) is 77.9 Å². The van der Waals surface area contributed by atoms with E-state index < -0.39 is 0 Å². The normalized spacial score (nSPS) is 11.8. The molecule has 0 saturated carbocycles. The van der Waals surface area contributed by atoms with E-state index in [1.165, 1.54) is 65.5 Å². The zero-order valence-electron chi connectivity index (χ0n) is 37.4. The average molecular weight is 880 g/mol. The molecule has 0 radical (unpaired) electrons. The summed E-state index contributed by atoms with van der Waals surface area (Å²) in [6, 6.07) is 89.2. The van der Waals surface area contributed by atoms with Gasteiger partial charge in [0.05, 0.1) is 44.5 Å². The number of benzene rings is 10. The summed E-state index contributed by atoms with van der Waals surface area (Å²) in [5.41, 5.74) is 17.5. The van der Waals surface area contributed by atoms with Crippen LogP contribution in [0.15, 0.2) is 249 Å². The van der Waals surface area contributed by atoms with Crippen LogP contribution < -0.4 is 0 Å². The van der Waals surface area contributed by atoms with Crippen molar-refractivity contribution in [2.75, 3.05) is 0 Å². The highest BCUT2D eigenvalue weighted by molar-refractivity contribution is 6.31. The van der Waals surface area contributed by atoms with Gasteiger partial charge >= 0.3 is 0 Å². The van der Waals surface area contributed by atoms with Gasteiger partial charge in [-0.15, -0.1) is 0 Å².